The molecule has 0 saturated carbocycles. The van der Waals surface area contributed by atoms with Crippen LogP contribution >= 0.6 is 0 Å². The van der Waals surface area contributed by atoms with Crippen molar-refractivity contribution in [2.45, 2.75) is 26.3 Å². The predicted molar refractivity (Wildman–Crippen MR) is 127 cm³/mol. The Labute approximate surface area is 195 Å². The molecule has 0 aliphatic rings. The Kier molecular flexibility index (Phi) is 6.32. The van der Waals surface area contributed by atoms with Crippen molar-refractivity contribution in [3.63, 3.8) is 0 Å². The minimum absolute atomic E-state index is 0.0770. The number of hydrogen-bond acceptors (Lipinski definition) is 5. The smallest absolute Gasteiger partial charge is 0.270 e. The standard InChI is InChI=1S/C26H22F2N4O2/c1-16(33)21-10-5-11-22-23(21)30-15-31-24(22)29-14-17-6-3-9-20(12-17)32-25(34)18-7-4-8-19(13-18)26(2,27)28/h3-13,15H,14H2,1-2H3,(H,32,34)(H,29,30,31). The van der Waals surface area contributed by atoms with Gasteiger partial charge in [-0.2, -0.15) is 0 Å². The number of alkyl halides is 2. The summed E-state index contributed by atoms with van der Waals surface area (Å²) in [4.78, 5) is 33.0. The van der Waals surface area contributed by atoms with Gasteiger partial charge in [0.05, 0.1) is 5.52 Å². The number of carbonyl (C=O) groups is 2. The summed E-state index contributed by atoms with van der Waals surface area (Å²) < 4.78 is 27.2. The molecule has 2 N–H and O–H groups in total. The molecule has 8 heteroatoms. The van der Waals surface area contributed by atoms with Gasteiger partial charge in [0.15, 0.2) is 5.78 Å². The van der Waals surface area contributed by atoms with E-state index in [-0.39, 0.29) is 16.9 Å². The number of hydrogen-bond donors (Lipinski definition) is 2. The minimum atomic E-state index is -3.03. The highest BCUT2D eigenvalue weighted by molar-refractivity contribution is 6.07. The van der Waals surface area contributed by atoms with Crippen LogP contribution < -0.4 is 10.6 Å². The summed E-state index contributed by atoms with van der Waals surface area (Å²) in [6.45, 7) is 2.69. The zero-order valence-corrected chi connectivity index (χ0v) is 18.6. The lowest BCUT2D eigenvalue weighted by Gasteiger charge is -2.13. The first-order valence-electron chi connectivity index (χ1n) is 10.6. The van der Waals surface area contributed by atoms with Crippen LogP contribution in [0.3, 0.4) is 0 Å². The van der Waals surface area contributed by atoms with E-state index in [1.807, 2.05) is 12.1 Å². The SMILES string of the molecule is CC(=O)c1cccc2c(NCc3cccc(NC(=O)c4cccc(C(C)(F)F)c4)c3)ncnc12. The summed E-state index contributed by atoms with van der Waals surface area (Å²) in [7, 11) is 0. The fourth-order valence-electron chi connectivity index (χ4n) is 3.59. The van der Waals surface area contributed by atoms with Crippen molar-refractivity contribution in [3.05, 3.63) is 95.3 Å². The third-order valence-corrected chi connectivity index (χ3v) is 5.32. The molecule has 172 valence electrons. The number of nitrogens with one attached hydrogen (secondary N) is 2. The first kappa shape index (κ1) is 23.0. The van der Waals surface area contributed by atoms with Crippen LogP contribution in [0.1, 0.15) is 45.7 Å². The Morgan fingerprint density at radius 3 is 2.50 bits per heavy atom. The van der Waals surface area contributed by atoms with Gasteiger partial charge in [-0.1, -0.05) is 30.3 Å². The number of ketones is 1. The van der Waals surface area contributed by atoms with Gasteiger partial charge >= 0.3 is 0 Å². The summed E-state index contributed by atoms with van der Waals surface area (Å²) in [5, 5.41) is 6.73. The monoisotopic (exact) mass is 460 g/mol. The molecule has 1 heterocycles. The molecule has 4 rings (SSSR count). The van der Waals surface area contributed by atoms with Gasteiger partial charge in [0, 0.05) is 41.2 Å². The third-order valence-electron chi connectivity index (χ3n) is 5.32. The second-order valence-corrected chi connectivity index (χ2v) is 7.96. The van der Waals surface area contributed by atoms with Crippen LogP contribution in [0.5, 0.6) is 0 Å². The van der Waals surface area contributed by atoms with Crippen molar-refractivity contribution in [2.24, 2.45) is 0 Å². The quantitative estimate of drug-likeness (QED) is 0.340. The molecular formula is C26H22F2N4O2. The van der Waals surface area contributed by atoms with E-state index in [0.717, 1.165) is 17.9 Å². The fraction of sp³-hybridized carbons (Fsp3) is 0.154. The van der Waals surface area contributed by atoms with Crippen molar-refractivity contribution in [1.82, 2.24) is 9.97 Å². The normalized spacial score (nSPS) is 11.3. The minimum Gasteiger partial charge on any atom is -0.365 e. The maximum atomic E-state index is 13.6. The number of carbonyl (C=O) groups excluding carboxylic acids is 2. The fourth-order valence-corrected chi connectivity index (χ4v) is 3.59. The van der Waals surface area contributed by atoms with Crippen LogP contribution in [0, 0.1) is 0 Å². The Morgan fingerprint density at radius 2 is 1.74 bits per heavy atom. The van der Waals surface area contributed by atoms with Crippen molar-refractivity contribution >= 4 is 34.1 Å². The zero-order chi connectivity index (χ0) is 24.3. The van der Waals surface area contributed by atoms with Gasteiger partial charge in [-0.15, -0.1) is 0 Å². The van der Waals surface area contributed by atoms with Gasteiger partial charge in [0.25, 0.3) is 11.8 Å². The lowest BCUT2D eigenvalue weighted by atomic mass is 10.1. The molecule has 1 amide bonds. The maximum Gasteiger partial charge on any atom is 0.270 e. The lowest BCUT2D eigenvalue weighted by Crippen LogP contribution is -2.14. The predicted octanol–water partition coefficient (Wildman–Crippen LogP) is 5.81. The summed E-state index contributed by atoms with van der Waals surface area (Å²) in [5.41, 5.74) is 2.43. The van der Waals surface area contributed by atoms with Gasteiger partial charge in [-0.3, -0.25) is 9.59 Å². The van der Waals surface area contributed by atoms with Crippen LogP contribution in [0.4, 0.5) is 20.3 Å². The molecule has 3 aromatic carbocycles. The van der Waals surface area contributed by atoms with Gasteiger partial charge in [0.2, 0.25) is 0 Å². The highest BCUT2D eigenvalue weighted by Gasteiger charge is 2.25. The highest BCUT2D eigenvalue weighted by atomic mass is 19.3. The van der Waals surface area contributed by atoms with Crippen LogP contribution in [0.2, 0.25) is 0 Å². The lowest BCUT2D eigenvalue weighted by molar-refractivity contribution is 0.0174. The van der Waals surface area contributed by atoms with E-state index in [0.29, 0.717) is 29.1 Å². The van der Waals surface area contributed by atoms with E-state index in [2.05, 4.69) is 20.6 Å². The van der Waals surface area contributed by atoms with Gasteiger partial charge in [-0.25, -0.2) is 18.7 Å². The largest absolute Gasteiger partial charge is 0.365 e. The van der Waals surface area contributed by atoms with Crippen molar-refractivity contribution in [1.29, 1.82) is 0 Å². The second-order valence-electron chi connectivity index (χ2n) is 7.96. The summed E-state index contributed by atoms with van der Waals surface area (Å²) in [5.74, 6) is -3.00. The van der Waals surface area contributed by atoms with E-state index < -0.39 is 11.8 Å². The van der Waals surface area contributed by atoms with Crippen LogP contribution in [0.25, 0.3) is 10.9 Å². The summed E-state index contributed by atoms with van der Waals surface area (Å²) in [6, 6.07) is 17.9. The van der Waals surface area contributed by atoms with Gasteiger partial charge < -0.3 is 10.6 Å². The number of Topliss-reactive ketones (excluding diaryl/α,β-unsaturated/α-hetero) is 1. The van der Waals surface area contributed by atoms with Gasteiger partial charge in [-0.05, 0) is 48.9 Å². The second kappa shape index (κ2) is 9.35. The van der Waals surface area contributed by atoms with Crippen molar-refractivity contribution in [2.75, 3.05) is 10.6 Å². The molecule has 0 saturated heterocycles. The molecule has 0 spiro atoms. The number of rotatable bonds is 7. The van der Waals surface area contributed by atoms with Crippen molar-refractivity contribution < 1.29 is 18.4 Å². The average molecular weight is 460 g/mol. The number of halogens is 2. The molecule has 34 heavy (non-hydrogen) atoms. The Bertz CT molecular complexity index is 1380. The summed E-state index contributed by atoms with van der Waals surface area (Å²) >= 11 is 0. The third kappa shape index (κ3) is 5.06. The first-order chi connectivity index (χ1) is 16.2. The number of benzene rings is 3. The maximum absolute atomic E-state index is 13.6. The molecule has 0 radical (unpaired) electrons. The van der Waals surface area contributed by atoms with E-state index in [9.17, 15) is 18.4 Å². The molecule has 0 atom stereocenters. The number of aromatic nitrogens is 2. The highest BCUT2D eigenvalue weighted by Crippen LogP contribution is 2.28. The molecule has 1 aromatic heterocycles. The summed E-state index contributed by atoms with van der Waals surface area (Å²) in [6.07, 6.45) is 1.40. The number of nitrogens with zero attached hydrogens (tertiary/aromatic N) is 2. The van der Waals surface area contributed by atoms with Crippen LogP contribution in [-0.4, -0.2) is 21.7 Å². The Balaban J connectivity index is 1.49. The van der Waals surface area contributed by atoms with E-state index in [1.54, 1.807) is 30.3 Å². The molecule has 0 unspecified atom stereocenters. The number of para-hydroxylation sites is 1. The number of anilines is 2. The van der Waals surface area contributed by atoms with Crippen molar-refractivity contribution in [3.8, 4) is 0 Å². The first-order valence-corrected chi connectivity index (χ1v) is 10.6. The topological polar surface area (TPSA) is 84.0 Å². The number of fused-ring (bicyclic) bond motifs is 1. The average Bonchev–Trinajstić information content (AvgIpc) is 2.82. The van der Waals surface area contributed by atoms with E-state index in [4.69, 9.17) is 0 Å². The molecule has 0 aliphatic carbocycles. The zero-order valence-electron chi connectivity index (χ0n) is 18.6. The Hall–Kier alpha value is -4.20. The molecule has 0 fully saturated rings. The molecule has 0 bridgehead atoms. The van der Waals surface area contributed by atoms with Gasteiger partial charge in [0.1, 0.15) is 12.1 Å². The van der Waals surface area contributed by atoms with E-state index in [1.165, 1.54) is 37.5 Å². The molecule has 4 aromatic rings. The molecular weight excluding hydrogens is 438 g/mol. The Morgan fingerprint density at radius 1 is 0.971 bits per heavy atom. The van der Waals surface area contributed by atoms with Crippen LogP contribution in [0.15, 0.2) is 73.1 Å². The van der Waals surface area contributed by atoms with E-state index >= 15 is 0 Å². The van der Waals surface area contributed by atoms with Crippen LogP contribution in [-0.2, 0) is 12.5 Å². The molecule has 6 nitrogen and oxygen atoms in total. The molecule has 0 aliphatic heterocycles. The number of amides is 1.